The summed E-state index contributed by atoms with van der Waals surface area (Å²) in [5.41, 5.74) is 6.56. The molecule has 3 rings (SSSR count). The SMILES string of the molecule is C=C(C)[C@@H](N)C(=O)OCCC[C@@H](COC(=O)Nc1cc2cc(F)ccc2cn1)N(C)C(=O)NCc1cccc(F)c1Cl. The maximum Gasteiger partial charge on any atom is 0.412 e. The normalized spacial score (nSPS) is 12.2. The first kappa shape index (κ1) is 32.2. The average molecular weight is 604 g/mol. The van der Waals surface area contributed by atoms with Crippen molar-refractivity contribution in [1.82, 2.24) is 15.2 Å². The number of fused-ring (bicyclic) bond motifs is 1. The number of hydrogen-bond acceptors (Lipinski definition) is 7. The molecule has 0 radical (unpaired) electrons. The third kappa shape index (κ3) is 9.11. The highest BCUT2D eigenvalue weighted by Crippen LogP contribution is 2.20. The number of nitrogens with two attached hydrogens (primary N) is 1. The van der Waals surface area contributed by atoms with Crippen LogP contribution in [0.5, 0.6) is 0 Å². The fraction of sp³-hybridized carbons (Fsp3) is 0.310. The summed E-state index contributed by atoms with van der Waals surface area (Å²) in [7, 11) is 1.50. The minimum atomic E-state index is -0.948. The molecule has 1 heterocycles. The highest BCUT2D eigenvalue weighted by Gasteiger charge is 2.23. The summed E-state index contributed by atoms with van der Waals surface area (Å²) < 4.78 is 37.9. The molecule has 0 spiro atoms. The van der Waals surface area contributed by atoms with E-state index in [1.165, 1.54) is 48.5 Å². The summed E-state index contributed by atoms with van der Waals surface area (Å²) in [6, 6.07) is 7.81. The number of hydrogen-bond donors (Lipinski definition) is 3. The molecule has 0 saturated heterocycles. The van der Waals surface area contributed by atoms with Gasteiger partial charge in [-0.05, 0) is 61.0 Å². The second kappa shape index (κ2) is 15.1. The largest absolute Gasteiger partial charge is 0.464 e. The van der Waals surface area contributed by atoms with Gasteiger partial charge in [0.25, 0.3) is 0 Å². The van der Waals surface area contributed by atoms with Gasteiger partial charge in [-0.15, -0.1) is 0 Å². The topological polar surface area (TPSA) is 136 Å². The summed E-state index contributed by atoms with van der Waals surface area (Å²) in [5.74, 6) is -1.52. The Bertz CT molecular complexity index is 1460. The molecule has 0 aliphatic carbocycles. The highest BCUT2D eigenvalue weighted by atomic mass is 35.5. The van der Waals surface area contributed by atoms with E-state index in [0.717, 1.165) is 0 Å². The maximum atomic E-state index is 13.8. The van der Waals surface area contributed by atoms with Gasteiger partial charge in [0.1, 0.15) is 30.1 Å². The number of ether oxygens (including phenoxy) is 2. The van der Waals surface area contributed by atoms with Gasteiger partial charge >= 0.3 is 18.1 Å². The molecule has 0 fully saturated rings. The van der Waals surface area contributed by atoms with Gasteiger partial charge in [-0.1, -0.05) is 35.9 Å². The summed E-state index contributed by atoms with van der Waals surface area (Å²) in [6.07, 6.45) is 1.23. The van der Waals surface area contributed by atoms with Crippen LogP contribution in [-0.2, 0) is 20.8 Å². The van der Waals surface area contributed by atoms with E-state index in [2.05, 4.69) is 22.2 Å². The molecule has 3 aromatic rings. The number of aromatic nitrogens is 1. The molecule has 0 aliphatic heterocycles. The molecule has 1 aromatic heterocycles. The van der Waals surface area contributed by atoms with Crippen molar-refractivity contribution < 1.29 is 32.6 Å². The predicted octanol–water partition coefficient (Wildman–Crippen LogP) is 5.15. The number of amides is 3. The van der Waals surface area contributed by atoms with E-state index >= 15 is 0 Å². The number of carbonyl (C=O) groups excluding carboxylic acids is 3. The summed E-state index contributed by atoms with van der Waals surface area (Å²) in [5, 5.41) is 6.27. The lowest BCUT2D eigenvalue weighted by atomic mass is 10.1. The lowest BCUT2D eigenvalue weighted by Crippen LogP contribution is -2.46. The van der Waals surface area contributed by atoms with Crippen LogP contribution in [0, 0.1) is 11.6 Å². The van der Waals surface area contributed by atoms with Crippen LogP contribution in [0.3, 0.4) is 0 Å². The van der Waals surface area contributed by atoms with Gasteiger partial charge in [0, 0.05) is 25.2 Å². The molecule has 3 amide bonds. The van der Waals surface area contributed by atoms with Gasteiger partial charge in [-0.2, -0.15) is 0 Å². The summed E-state index contributed by atoms with van der Waals surface area (Å²) >= 11 is 5.98. The first-order valence-electron chi connectivity index (χ1n) is 13.0. The molecule has 2 aromatic carbocycles. The van der Waals surface area contributed by atoms with Crippen LogP contribution >= 0.6 is 11.6 Å². The van der Waals surface area contributed by atoms with Gasteiger partial charge in [0.15, 0.2) is 0 Å². The molecular weight excluding hydrogens is 572 g/mol. The second-order valence-electron chi connectivity index (χ2n) is 9.55. The number of likely N-dealkylation sites (N-methyl/N-ethyl adjacent to an activating group) is 1. The molecule has 13 heteroatoms. The van der Waals surface area contributed by atoms with Crippen LogP contribution in [-0.4, -0.2) is 60.3 Å². The van der Waals surface area contributed by atoms with E-state index in [4.69, 9.17) is 26.8 Å². The Balaban J connectivity index is 1.61. The fourth-order valence-electron chi connectivity index (χ4n) is 3.81. The van der Waals surface area contributed by atoms with Crippen molar-refractivity contribution in [2.24, 2.45) is 5.73 Å². The quantitative estimate of drug-likeness (QED) is 0.148. The van der Waals surface area contributed by atoms with Crippen LogP contribution in [0.4, 0.5) is 24.2 Å². The van der Waals surface area contributed by atoms with E-state index < -0.39 is 41.8 Å². The molecular formula is C29H32ClF2N5O5. The lowest BCUT2D eigenvalue weighted by molar-refractivity contribution is -0.144. The average Bonchev–Trinajstić information content (AvgIpc) is 2.96. The van der Waals surface area contributed by atoms with Crippen molar-refractivity contribution in [2.75, 3.05) is 25.6 Å². The minimum absolute atomic E-state index is 0.00837. The molecule has 2 atom stereocenters. The molecule has 0 aliphatic rings. The number of esters is 1. The number of nitrogens with one attached hydrogen (secondary N) is 2. The Hall–Kier alpha value is -4.29. The first-order valence-corrected chi connectivity index (χ1v) is 13.3. The number of pyridine rings is 1. The molecule has 224 valence electrons. The monoisotopic (exact) mass is 603 g/mol. The van der Waals surface area contributed by atoms with Crippen molar-refractivity contribution in [3.8, 4) is 0 Å². The number of halogens is 3. The summed E-state index contributed by atoms with van der Waals surface area (Å²) in [4.78, 5) is 42.9. The third-order valence-electron chi connectivity index (χ3n) is 6.36. The van der Waals surface area contributed by atoms with Gasteiger partial charge in [0.05, 0.1) is 17.7 Å². The van der Waals surface area contributed by atoms with E-state index in [9.17, 15) is 23.2 Å². The third-order valence-corrected chi connectivity index (χ3v) is 6.78. The van der Waals surface area contributed by atoms with Crippen LogP contribution < -0.4 is 16.4 Å². The molecule has 0 saturated carbocycles. The molecule has 10 nitrogen and oxygen atoms in total. The smallest absolute Gasteiger partial charge is 0.412 e. The predicted molar refractivity (Wildman–Crippen MR) is 155 cm³/mol. The van der Waals surface area contributed by atoms with Gasteiger partial charge in [0.2, 0.25) is 0 Å². The van der Waals surface area contributed by atoms with Crippen LogP contribution in [0.25, 0.3) is 10.8 Å². The maximum absolute atomic E-state index is 13.8. The molecule has 4 N–H and O–H groups in total. The van der Waals surface area contributed by atoms with E-state index in [1.54, 1.807) is 19.1 Å². The van der Waals surface area contributed by atoms with E-state index in [-0.39, 0.29) is 37.0 Å². The fourth-order valence-corrected chi connectivity index (χ4v) is 4.00. The molecule has 42 heavy (non-hydrogen) atoms. The van der Waals surface area contributed by atoms with Crippen LogP contribution in [0.2, 0.25) is 5.02 Å². The van der Waals surface area contributed by atoms with Crippen LogP contribution in [0.1, 0.15) is 25.3 Å². The van der Waals surface area contributed by atoms with E-state index in [0.29, 0.717) is 28.3 Å². The van der Waals surface area contributed by atoms with Crippen molar-refractivity contribution in [3.63, 3.8) is 0 Å². The zero-order valence-corrected chi connectivity index (χ0v) is 23.9. The number of urea groups is 1. The van der Waals surface area contributed by atoms with Crippen molar-refractivity contribution in [2.45, 2.75) is 38.4 Å². The molecule has 0 bridgehead atoms. The highest BCUT2D eigenvalue weighted by molar-refractivity contribution is 6.31. The number of nitrogens with zero attached hydrogens (tertiary/aromatic N) is 2. The zero-order valence-electron chi connectivity index (χ0n) is 23.2. The number of benzene rings is 2. The minimum Gasteiger partial charge on any atom is -0.464 e. The standard InChI is InChI=1S/C29H32ClF2N5O5/c1-17(2)26(33)27(38)41-11-5-7-22(37(3)28(39)35-15-19-6-4-8-23(32)25(19)30)16-42-29(40)36-24-13-20-12-21(31)10-9-18(20)14-34-24/h4,6,8-10,12-14,22,26H,1,5,7,11,15-16,33H2,2-3H3,(H,35,39)(H,34,36,40)/t22-,26+/m0/s1. The summed E-state index contributed by atoms with van der Waals surface area (Å²) in [6.45, 7) is 4.99. The van der Waals surface area contributed by atoms with Crippen molar-refractivity contribution in [1.29, 1.82) is 0 Å². The number of anilines is 1. The van der Waals surface area contributed by atoms with Gasteiger partial charge in [-0.3, -0.25) is 10.1 Å². The Morgan fingerprint density at radius 1 is 1.14 bits per heavy atom. The Kier molecular flexibility index (Phi) is 11.6. The molecule has 0 unspecified atom stereocenters. The Labute approximate surface area is 246 Å². The Morgan fingerprint density at radius 3 is 2.64 bits per heavy atom. The van der Waals surface area contributed by atoms with E-state index in [1.807, 2.05) is 0 Å². The number of carbonyl (C=O) groups is 3. The lowest BCUT2D eigenvalue weighted by Gasteiger charge is -2.28. The van der Waals surface area contributed by atoms with Crippen molar-refractivity contribution in [3.05, 3.63) is 83.0 Å². The second-order valence-corrected chi connectivity index (χ2v) is 9.93. The van der Waals surface area contributed by atoms with Gasteiger partial charge < -0.3 is 25.4 Å². The Morgan fingerprint density at radius 2 is 1.90 bits per heavy atom. The van der Waals surface area contributed by atoms with Gasteiger partial charge in [-0.25, -0.2) is 23.4 Å². The zero-order chi connectivity index (χ0) is 30.8. The first-order chi connectivity index (χ1) is 20.0. The van der Waals surface area contributed by atoms with Crippen LogP contribution in [0.15, 0.2) is 60.8 Å². The number of rotatable bonds is 12. The van der Waals surface area contributed by atoms with Crippen molar-refractivity contribution >= 4 is 46.3 Å².